The Labute approximate surface area is 217 Å². The summed E-state index contributed by atoms with van der Waals surface area (Å²) in [6.45, 7) is 4.01. The summed E-state index contributed by atoms with van der Waals surface area (Å²) in [4.78, 5) is 42.3. The lowest BCUT2D eigenvalue weighted by Crippen LogP contribution is -2.69. The molecule has 0 aliphatic heterocycles. The molecule has 3 fully saturated rings. The molecule has 38 heavy (non-hydrogen) atoms. The molecular weight excluding hydrogens is 509 g/mol. The van der Waals surface area contributed by atoms with Gasteiger partial charge >= 0.3 is 12.1 Å². The number of carboxylic acids is 1. The van der Waals surface area contributed by atoms with Gasteiger partial charge in [-0.3, -0.25) is 23.9 Å². The van der Waals surface area contributed by atoms with Crippen LogP contribution in [0.4, 0.5) is 13.2 Å². The summed E-state index contributed by atoms with van der Waals surface area (Å²) in [6.07, 6.45) is 4.22. The summed E-state index contributed by atoms with van der Waals surface area (Å²) in [5, 5.41) is 18.9. The van der Waals surface area contributed by atoms with Crippen molar-refractivity contribution in [1.29, 1.82) is 0 Å². The number of nitrogens with one attached hydrogen (secondary N) is 1. The first kappa shape index (κ1) is 29.1. The first-order chi connectivity index (χ1) is 17.7. The van der Waals surface area contributed by atoms with Gasteiger partial charge in [-0.2, -0.15) is 18.3 Å². The quantitative estimate of drug-likeness (QED) is 0.460. The summed E-state index contributed by atoms with van der Waals surface area (Å²) in [5.41, 5.74) is 0.930. The van der Waals surface area contributed by atoms with Crippen molar-refractivity contribution in [2.75, 3.05) is 27.2 Å². The minimum absolute atomic E-state index is 0.0317. The average Bonchev–Trinajstić information content (AvgIpc) is 3.44. The van der Waals surface area contributed by atoms with Crippen LogP contribution in [0.5, 0.6) is 0 Å². The van der Waals surface area contributed by atoms with Crippen LogP contribution < -0.4 is 5.32 Å². The Balaban J connectivity index is 0.000000505. The van der Waals surface area contributed by atoms with Gasteiger partial charge in [-0.25, -0.2) is 9.78 Å². The van der Waals surface area contributed by atoms with E-state index in [1.807, 2.05) is 24.9 Å². The summed E-state index contributed by atoms with van der Waals surface area (Å²) < 4.78 is 35.1. The van der Waals surface area contributed by atoms with E-state index in [0.717, 1.165) is 43.7 Å². The minimum Gasteiger partial charge on any atom is -0.475 e. The van der Waals surface area contributed by atoms with Crippen LogP contribution in [-0.4, -0.2) is 96.1 Å². The van der Waals surface area contributed by atoms with Gasteiger partial charge < -0.3 is 15.3 Å². The van der Waals surface area contributed by atoms with E-state index in [-0.39, 0.29) is 23.2 Å². The van der Waals surface area contributed by atoms with Crippen LogP contribution in [-0.2, 0) is 23.2 Å². The standard InChI is InChI=1S/C21H32N8O2.C2HF3O2/c1-5-29-13-16(12-23-29)17(19(30)24-21-9-15(10-21)11-21)26(2)7-6-8-27(3)20(31)18-22-14-28(4)25-18;3-2(4,5)1(6)7/h12-15,17H,5-11H2,1-4H3,(H,24,30);(H,6,7). The Hall–Kier alpha value is -3.49. The van der Waals surface area contributed by atoms with E-state index >= 15 is 0 Å². The fourth-order valence-electron chi connectivity index (χ4n) is 4.66. The molecule has 2 amide bonds. The molecule has 0 aromatic carbocycles. The maximum atomic E-state index is 13.2. The first-order valence-corrected chi connectivity index (χ1v) is 12.2. The Bertz CT molecular complexity index is 1130. The molecule has 3 aliphatic rings. The molecule has 5 rings (SSSR count). The van der Waals surface area contributed by atoms with Gasteiger partial charge in [0.05, 0.1) is 6.20 Å². The molecule has 2 heterocycles. The maximum Gasteiger partial charge on any atom is 0.490 e. The molecule has 2 bridgehead atoms. The molecule has 2 aromatic rings. The number of halogens is 3. The number of aromatic nitrogens is 5. The number of aliphatic carboxylic acids is 1. The largest absolute Gasteiger partial charge is 0.490 e. The number of carbonyl (C=O) groups is 3. The molecule has 12 nitrogen and oxygen atoms in total. The van der Waals surface area contributed by atoms with Crippen molar-refractivity contribution >= 4 is 17.8 Å². The Morgan fingerprint density at radius 2 is 1.87 bits per heavy atom. The summed E-state index contributed by atoms with van der Waals surface area (Å²) >= 11 is 0. The van der Waals surface area contributed by atoms with E-state index in [4.69, 9.17) is 9.90 Å². The van der Waals surface area contributed by atoms with Crippen molar-refractivity contribution in [1.82, 2.24) is 39.7 Å². The molecule has 210 valence electrons. The normalized spacial score (nSPS) is 20.5. The number of hydrogen-bond acceptors (Lipinski definition) is 7. The zero-order valence-corrected chi connectivity index (χ0v) is 21.8. The summed E-state index contributed by atoms with van der Waals surface area (Å²) in [7, 11) is 5.44. The van der Waals surface area contributed by atoms with Crippen LogP contribution in [0.3, 0.4) is 0 Å². The smallest absolute Gasteiger partial charge is 0.475 e. The van der Waals surface area contributed by atoms with E-state index in [9.17, 15) is 22.8 Å². The fraction of sp³-hybridized carbons (Fsp3) is 0.652. The van der Waals surface area contributed by atoms with Crippen molar-refractivity contribution < 1.29 is 32.7 Å². The van der Waals surface area contributed by atoms with Crippen LogP contribution in [0.1, 0.15) is 54.8 Å². The highest BCUT2D eigenvalue weighted by Crippen LogP contribution is 2.57. The third-order valence-corrected chi connectivity index (χ3v) is 6.79. The van der Waals surface area contributed by atoms with Crippen molar-refractivity contribution in [3.05, 3.63) is 30.1 Å². The predicted octanol–water partition coefficient (Wildman–Crippen LogP) is 1.47. The lowest BCUT2D eigenvalue weighted by molar-refractivity contribution is -0.192. The van der Waals surface area contributed by atoms with Crippen LogP contribution in [0, 0.1) is 5.92 Å². The van der Waals surface area contributed by atoms with Gasteiger partial charge in [-0.1, -0.05) is 0 Å². The second kappa shape index (κ2) is 11.5. The number of rotatable bonds is 10. The van der Waals surface area contributed by atoms with E-state index in [1.165, 1.54) is 11.0 Å². The lowest BCUT2D eigenvalue weighted by atomic mass is 9.50. The Morgan fingerprint density at radius 1 is 1.24 bits per heavy atom. The summed E-state index contributed by atoms with van der Waals surface area (Å²) in [5.74, 6) is -1.92. The monoisotopic (exact) mass is 542 g/mol. The van der Waals surface area contributed by atoms with Crippen LogP contribution in [0.15, 0.2) is 18.7 Å². The van der Waals surface area contributed by atoms with Crippen LogP contribution in [0.25, 0.3) is 0 Å². The Kier molecular flexibility index (Phi) is 8.79. The highest BCUT2D eigenvalue weighted by atomic mass is 19.4. The molecule has 0 radical (unpaired) electrons. The van der Waals surface area contributed by atoms with Crippen LogP contribution >= 0.6 is 0 Å². The van der Waals surface area contributed by atoms with E-state index in [0.29, 0.717) is 13.1 Å². The van der Waals surface area contributed by atoms with Gasteiger partial charge in [0.2, 0.25) is 11.7 Å². The number of likely N-dealkylation sites (N-methyl/N-ethyl adjacent to an activating group) is 1. The number of alkyl halides is 3. The SMILES string of the molecule is CCn1cc(C(C(=O)NC23CC(C2)C3)N(C)CCCN(C)C(=O)c2ncn(C)n2)cn1.O=C(O)C(F)(F)F. The number of carbonyl (C=O) groups excluding carboxylic acids is 2. The molecule has 0 saturated heterocycles. The number of nitrogens with zero attached hydrogens (tertiary/aromatic N) is 7. The zero-order chi connectivity index (χ0) is 28.3. The van der Waals surface area contributed by atoms with Gasteiger partial charge in [-0.05, 0) is 45.6 Å². The van der Waals surface area contributed by atoms with E-state index < -0.39 is 18.2 Å². The average molecular weight is 543 g/mol. The van der Waals surface area contributed by atoms with Gasteiger partial charge in [0, 0.05) is 51.0 Å². The lowest BCUT2D eigenvalue weighted by Gasteiger charge is -2.62. The van der Waals surface area contributed by atoms with Crippen LogP contribution in [0.2, 0.25) is 0 Å². The molecule has 2 N–H and O–H groups in total. The van der Waals surface area contributed by atoms with Gasteiger partial charge in [0.15, 0.2) is 0 Å². The minimum atomic E-state index is -5.08. The number of amides is 2. The van der Waals surface area contributed by atoms with Crippen molar-refractivity contribution in [2.24, 2.45) is 13.0 Å². The second-order valence-electron chi connectivity index (χ2n) is 9.89. The third-order valence-electron chi connectivity index (χ3n) is 6.79. The van der Waals surface area contributed by atoms with Gasteiger partial charge in [0.1, 0.15) is 12.4 Å². The molecule has 0 spiro atoms. The van der Waals surface area contributed by atoms with E-state index in [2.05, 4.69) is 25.4 Å². The third kappa shape index (κ3) is 6.88. The van der Waals surface area contributed by atoms with Crippen molar-refractivity contribution in [3.63, 3.8) is 0 Å². The molecular formula is C23H33F3N8O4. The molecule has 3 aliphatic carbocycles. The van der Waals surface area contributed by atoms with Crippen molar-refractivity contribution in [2.45, 2.75) is 56.9 Å². The molecule has 3 saturated carbocycles. The number of aryl methyl sites for hydroxylation is 2. The molecule has 1 unspecified atom stereocenters. The fourth-order valence-corrected chi connectivity index (χ4v) is 4.66. The highest BCUT2D eigenvalue weighted by Gasteiger charge is 2.57. The predicted molar refractivity (Wildman–Crippen MR) is 128 cm³/mol. The van der Waals surface area contributed by atoms with E-state index in [1.54, 1.807) is 25.2 Å². The molecule has 1 atom stereocenters. The molecule has 15 heteroatoms. The summed E-state index contributed by atoms with van der Waals surface area (Å²) in [6, 6.07) is -0.396. The maximum absolute atomic E-state index is 13.2. The number of carboxylic acid groups (broad SMARTS) is 1. The topological polar surface area (TPSA) is 138 Å². The second-order valence-corrected chi connectivity index (χ2v) is 9.89. The van der Waals surface area contributed by atoms with Gasteiger partial charge in [0.25, 0.3) is 5.91 Å². The highest BCUT2D eigenvalue weighted by molar-refractivity contribution is 5.90. The van der Waals surface area contributed by atoms with Gasteiger partial charge in [-0.15, -0.1) is 5.10 Å². The molecule has 2 aromatic heterocycles. The zero-order valence-electron chi connectivity index (χ0n) is 21.8. The van der Waals surface area contributed by atoms with Crippen molar-refractivity contribution in [3.8, 4) is 0 Å². The number of hydrogen-bond donors (Lipinski definition) is 2. The Morgan fingerprint density at radius 3 is 2.32 bits per heavy atom. The first-order valence-electron chi connectivity index (χ1n) is 12.2.